The fourth-order valence-corrected chi connectivity index (χ4v) is 11.8. The second-order valence-electron chi connectivity index (χ2n) is 19.7. The van der Waals surface area contributed by atoms with Crippen LogP contribution >= 0.6 is 22.7 Å². The summed E-state index contributed by atoms with van der Waals surface area (Å²) in [6.07, 6.45) is -0.213. The molecular formula is C54H60N8O9S2. The number of fused-ring (bicyclic) bond motifs is 1. The van der Waals surface area contributed by atoms with Crippen LogP contribution in [0, 0.1) is 26.7 Å². The number of aliphatic hydroxyl groups excluding tert-OH is 1. The Morgan fingerprint density at radius 1 is 0.836 bits per heavy atom. The smallest absolute Gasteiger partial charge is 0.255 e. The molecule has 2 fully saturated rings. The molecule has 0 spiro atoms. The van der Waals surface area contributed by atoms with Crippen molar-refractivity contribution in [2.75, 3.05) is 19.7 Å². The molecule has 0 radical (unpaired) electrons. The minimum Gasteiger partial charge on any atom is -0.488 e. The van der Waals surface area contributed by atoms with E-state index in [0.29, 0.717) is 34.8 Å². The van der Waals surface area contributed by atoms with Crippen LogP contribution in [-0.2, 0) is 38.8 Å². The van der Waals surface area contributed by atoms with Gasteiger partial charge in [0.2, 0.25) is 23.6 Å². The van der Waals surface area contributed by atoms with Gasteiger partial charge in [-0.3, -0.25) is 24.0 Å². The van der Waals surface area contributed by atoms with Crippen LogP contribution in [0.3, 0.4) is 0 Å². The minimum atomic E-state index is -1.72. The number of hydrogen-bond acceptors (Lipinski definition) is 14. The van der Waals surface area contributed by atoms with Crippen molar-refractivity contribution in [1.82, 2.24) is 40.5 Å². The number of carbonyl (C=O) groups is 5. The van der Waals surface area contributed by atoms with Gasteiger partial charge in [-0.05, 0) is 73.1 Å². The number of benzene rings is 3. The lowest BCUT2D eigenvalue weighted by Gasteiger charge is -2.35. The summed E-state index contributed by atoms with van der Waals surface area (Å²) in [5.41, 5.74) is 9.18. The monoisotopic (exact) mass is 1030 g/mol. The lowest BCUT2D eigenvalue weighted by Crippen LogP contribution is -2.55. The number of amides is 5. The summed E-state index contributed by atoms with van der Waals surface area (Å²) in [5, 5.41) is 31.5. The Morgan fingerprint density at radius 3 is 1.96 bits per heavy atom. The molecule has 17 nitrogen and oxygen atoms in total. The zero-order valence-electron chi connectivity index (χ0n) is 41.7. The number of rotatable bonds is 17. The van der Waals surface area contributed by atoms with E-state index in [2.05, 4.69) is 25.8 Å². The number of carbonyl (C=O) groups excluding carboxylic acids is 5. The van der Waals surface area contributed by atoms with E-state index in [1.54, 1.807) is 64.3 Å². The predicted molar refractivity (Wildman–Crippen MR) is 274 cm³/mol. The molecule has 5 amide bonds. The Bertz CT molecular complexity index is 3010. The first-order valence-electron chi connectivity index (χ1n) is 24.6. The fraction of sp³-hybridized carbons (Fsp3) is 0.407. The third-order valence-electron chi connectivity index (χ3n) is 14.1. The molecule has 3 aromatic heterocycles. The highest BCUT2D eigenvalue weighted by Crippen LogP contribution is 2.36. The number of hydrogen-bond donors (Lipinski definition) is 4. The number of aromatic nitrogens is 3. The number of β-amino-alcohol motifs (C(OH)–C–C–N with tert-alkyl or cyclic N) is 1. The molecule has 19 heteroatoms. The van der Waals surface area contributed by atoms with Crippen LogP contribution in [0.4, 0.5) is 0 Å². The molecule has 4 N–H and O–H groups in total. The van der Waals surface area contributed by atoms with E-state index in [1.165, 1.54) is 9.80 Å². The Morgan fingerprint density at radius 2 is 1.44 bits per heavy atom. The van der Waals surface area contributed by atoms with E-state index in [4.69, 9.17) is 9.26 Å². The van der Waals surface area contributed by atoms with Crippen molar-refractivity contribution in [1.29, 1.82) is 0 Å². The van der Waals surface area contributed by atoms with E-state index < -0.39 is 66.0 Å². The molecular weight excluding hydrogens is 969 g/mol. The van der Waals surface area contributed by atoms with Gasteiger partial charge in [-0.2, -0.15) is 0 Å². The van der Waals surface area contributed by atoms with Crippen LogP contribution < -0.4 is 15.4 Å². The van der Waals surface area contributed by atoms with E-state index in [1.807, 2.05) is 88.7 Å². The molecule has 0 saturated carbocycles. The number of thiazole rings is 2. The summed E-state index contributed by atoms with van der Waals surface area (Å²) in [5.74, 6) is -2.36. The molecule has 6 aromatic rings. The second kappa shape index (κ2) is 21.3. The van der Waals surface area contributed by atoms with Gasteiger partial charge in [0.1, 0.15) is 41.3 Å². The third-order valence-corrected chi connectivity index (χ3v) is 16.1. The topological polar surface area (TPSA) is 221 Å². The SMILES string of the molecule is CC[C@@H](C(=O)N1C[C@H](Oc2ccc3c(c2)C(=O)N([C@H](C(=O)N2C[C@](O)(CO)C[C@H]2C(=O)NCc2ccc(-c4scnc4C)cc2)C(C)C)C3)C[C@H]1C(=O)NCc1ccc(-c2scnc2C)cc1)c1cc(C)no1. The highest BCUT2D eigenvalue weighted by atomic mass is 32.1. The standard InChI is InChI=1S/C54H60N8O9S2/c1-7-41(45-18-31(4)59-71-45)51(66)60-25-40(20-43(60)49(64)55-22-34-8-12-36(13-9-34)47-32(5)57-28-72-47)70-39-17-16-38-24-61(52(67)42(38)19-39)46(30(2)3)53(68)62-26-54(69,27-63)21-44(62)50(65)56-23-35-10-14-37(15-11-35)48-33(6)58-29-73-48/h8-19,28-30,40-41,43-44,46,63,69H,7,20-27H2,1-6H3,(H,55,64)(H,56,65)/t40-,41-,43+,44+,46+,54+/m1/s1. The van der Waals surface area contributed by atoms with Crippen molar-refractivity contribution in [3.8, 4) is 26.6 Å². The van der Waals surface area contributed by atoms with E-state index in [0.717, 1.165) is 43.4 Å². The molecule has 382 valence electrons. The van der Waals surface area contributed by atoms with Gasteiger partial charge in [0.15, 0.2) is 0 Å². The summed E-state index contributed by atoms with van der Waals surface area (Å²) in [6, 6.07) is 19.5. The molecule has 0 aliphatic carbocycles. The molecule has 2 saturated heterocycles. The number of ether oxygens (including phenoxy) is 1. The van der Waals surface area contributed by atoms with Crippen LogP contribution in [0.2, 0.25) is 0 Å². The Balaban J connectivity index is 0.881. The third kappa shape index (κ3) is 10.7. The zero-order valence-corrected chi connectivity index (χ0v) is 43.3. The lowest BCUT2D eigenvalue weighted by molar-refractivity contribution is -0.143. The van der Waals surface area contributed by atoms with Gasteiger partial charge < -0.3 is 44.8 Å². The van der Waals surface area contributed by atoms with Gasteiger partial charge >= 0.3 is 0 Å². The van der Waals surface area contributed by atoms with Gasteiger partial charge in [-0.15, -0.1) is 22.7 Å². The molecule has 0 bridgehead atoms. The number of likely N-dealkylation sites (tertiary alicyclic amines) is 2. The van der Waals surface area contributed by atoms with Gasteiger partial charge in [0.25, 0.3) is 5.91 Å². The Hall–Kier alpha value is -6.80. The summed E-state index contributed by atoms with van der Waals surface area (Å²) in [6.45, 7) is 10.9. The van der Waals surface area contributed by atoms with E-state index in [9.17, 15) is 34.2 Å². The van der Waals surface area contributed by atoms with Crippen molar-refractivity contribution in [2.24, 2.45) is 5.92 Å². The lowest BCUT2D eigenvalue weighted by atomic mass is 10.00. The fourth-order valence-electron chi connectivity index (χ4n) is 10.2. The molecule has 3 aliphatic rings. The van der Waals surface area contributed by atoms with Gasteiger partial charge in [-0.25, -0.2) is 9.97 Å². The van der Waals surface area contributed by atoms with Gasteiger partial charge in [0, 0.05) is 44.1 Å². The van der Waals surface area contributed by atoms with Crippen LogP contribution in [0.1, 0.15) is 95.8 Å². The summed E-state index contributed by atoms with van der Waals surface area (Å²) >= 11 is 3.12. The number of aryl methyl sites for hydroxylation is 3. The first-order chi connectivity index (χ1) is 35.0. The van der Waals surface area contributed by atoms with Crippen molar-refractivity contribution >= 4 is 52.2 Å². The van der Waals surface area contributed by atoms with Crippen molar-refractivity contribution in [2.45, 2.75) is 116 Å². The molecule has 6 atom stereocenters. The van der Waals surface area contributed by atoms with Gasteiger partial charge in [0.05, 0.1) is 63.5 Å². The van der Waals surface area contributed by atoms with Gasteiger partial charge in [-0.1, -0.05) is 80.5 Å². The predicted octanol–water partition coefficient (Wildman–Crippen LogP) is 6.33. The van der Waals surface area contributed by atoms with Crippen LogP contribution in [0.25, 0.3) is 20.9 Å². The molecule has 73 heavy (non-hydrogen) atoms. The zero-order chi connectivity index (χ0) is 51.7. The summed E-state index contributed by atoms with van der Waals surface area (Å²) in [7, 11) is 0. The van der Waals surface area contributed by atoms with Crippen LogP contribution in [0.15, 0.2) is 88.3 Å². The first kappa shape index (κ1) is 51.1. The first-order valence-corrected chi connectivity index (χ1v) is 26.3. The highest BCUT2D eigenvalue weighted by molar-refractivity contribution is 7.13. The average Bonchev–Trinajstić information content (AvgIpc) is 4.27. The van der Waals surface area contributed by atoms with Crippen molar-refractivity contribution in [3.05, 3.63) is 129 Å². The molecule has 6 heterocycles. The molecule has 3 aromatic carbocycles. The maximum atomic E-state index is 14.7. The maximum Gasteiger partial charge on any atom is 0.255 e. The number of nitrogens with zero attached hydrogens (tertiary/aromatic N) is 6. The van der Waals surface area contributed by atoms with E-state index >= 15 is 0 Å². The van der Waals surface area contributed by atoms with Crippen LogP contribution in [0.5, 0.6) is 5.75 Å². The number of aliphatic hydroxyl groups is 2. The largest absolute Gasteiger partial charge is 0.488 e. The van der Waals surface area contributed by atoms with Crippen LogP contribution in [-0.4, -0.2) is 119 Å². The highest BCUT2D eigenvalue weighted by Gasteiger charge is 2.51. The maximum absolute atomic E-state index is 14.7. The molecule has 9 rings (SSSR count). The summed E-state index contributed by atoms with van der Waals surface area (Å²) in [4.78, 5) is 86.7. The van der Waals surface area contributed by atoms with Crippen molar-refractivity contribution < 1.29 is 43.4 Å². The second-order valence-corrected chi connectivity index (χ2v) is 21.4. The quantitative estimate of drug-likeness (QED) is 0.0788. The molecule has 0 unspecified atom stereocenters. The average molecular weight is 1030 g/mol. The summed E-state index contributed by atoms with van der Waals surface area (Å²) < 4.78 is 12.1. The Labute approximate surface area is 431 Å². The Kier molecular flexibility index (Phi) is 14.9. The van der Waals surface area contributed by atoms with E-state index in [-0.39, 0.29) is 57.4 Å². The molecule has 3 aliphatic heterocycles. The number of nitrogens with one attached hydrogen (secondary N) is 2. The van der Waals surface area contributed by atoms with Crippen molar-refractivity contribution in [3.63, 3.8) is 0 Å². The minimum absolute atomic E-state index is 0.0921. The normalized spacial score (nSPS) is 20.4.